The quantitative estimate of drug-likeness (QED) is 0.892. The van der Waals surface area contributed by atoms with Gasteiger partial charge in [0, 0.05) is 11.6 Å². The van der Waals surface area contributed by atoms with E-state index in [0.29, 0.717) is 24.2 Å². The minimum atomic E-state index is -1.03. The zero-order chi connectivity index (χ0) is 14.2. The predicted molar refractivity (Wildman–Crippen MR) is 67.3 cm³/mol. The first-order valence-electron chi connectivity index (χ1n) is 6.19. The van der Waals surface area contributed by atoms with E-state index in [9.17, 15) is 14.3 Å². The van der Waals surface area contributed by atoms with Crippen LogP contribution in [-0.4, -0.2) is 24.3 Å². The zero-order valence-electron chi connectivity index (χ0n) is 11.2. The van der Waals surface area contributed by atoms with Crippen LogP contribution in [0.5, 0.6) is 11.5 Å². The summed E-state index contributed by atoms with van der Waals surface area (Å²) in [5.74, 6) is -0.903. The fourth-order valence-electron chi connectivity index (χ4n) is 2.16. The largest absolute Gasteiger partial charge is 0.493 e. The number of aliphatic carboxylic acids is 1. The molecular weight excluding hydrogens is 251 g/mol. The monoisotopic (exact) mass is 268 g/mol. The maximum atomic E-state index is 13.6. The summed E-state index contributed by atoms with van der Waals surface area (Å²) in [4.78, 5) is 11.4. The van der Waals surface area contributed by atoms with Gasteiger partial charge in [0.25, 0.3) is 0 Å². The molecule has 5 heteroatoms. The molecule has 0 aromatic heterocycles. The van der Waals surface area contributed by atoms with Crippen molar-refractivity contribution in [1.29, 1.82) is 0 Å². The van der Waals surface area contributed by atoms with Crippen molar-refractivity contribution in [3.8, 4) is 11.5 Å². The number of carbonyl (C=O) groups is 1. The highest BCUT2D eigenvalue weighted by atomic mass is 19.1. The molecule has 0 aliphatic heterocycles. The molecule has 4 nitrogen and oxygen atoms in total. The summed E-state index contributed by atoms with van der Waals surface area (Å²) in [6.07, 6.45) is 0.829. The molecule has 1 aromatic rings. The van der Waals surface area contributed by atoms with E-state index in [1.807, 2.05) is 13.8 Å². The molecule has 0 atom stereocenters. The van der Waals surface area contributed by atoms with Gasteiger partial charge in [-0.3, -0.25) is 4.79 Å². The topological polar surface area (TPSA) is 55.8 Å². The van der Waals surface area contributed by atoms with Crippen molar-refractivity contribution in [2.45, 2.75) is 38.2 Å². The summed E-state index contributed by atoms with van der Waals surface area (Å²) in [6.45, 7) is 3.65. The molecule has 1 aliphatic rings. The fraction of sp³-hybridized carbons (Fsp3) is 0.500. The molecule has 0 unspecified atom stereocenters. The van der Waals surface area contributed by atoms with E-state index < -0.39 is 17.2 Å². The average Bonchev–Trinajstić information content (AvgIpc) is 3.11. The van der Waals surface area contributed by atoms with Crippen molar-refractivity contribution in [3.63, 3.8) is 0 Å². The Hall–Kier alpha value is -1.78. The van der Waals surface area contributed by atoms with E-state index in [2.05, 4.69) is 0 Å². The van der Waals surface area contributed by atoms with Gasteiger partial charge in [-0.2, -0.15) is 0 Å². The maximum absolute atomic E-state index is 13.6. The lowest BCUT2D eigenvalue weighted by atomic mass is 9.94. The van der Waals surface area contributed by atoms with Gasteiger partial charge < -0.3 is 14.6 Å². The molecule has 1 N–H and O–H groups in total. The number of methoxy groups -OCH3 is 1. The average molecular weight is 268 g/mol. The van der Waals surface area contributed by atoms with Crippen LogP contribution in [0.3, 0.4) is 0 Å². The van der Waals surface area contributed by atoms with Crippen LogP contribution >= 0.6 is 0 Å². The molecule has 1 aliphatic carbocycles. The molecule has 19 heavy (non-hydrogen) atoms. The Morgan fingerprint density at radius 1 is 1.42 bits per heavy atom. The first kappa shape index (κ1) is 13.6. The Bertz CT molecular complexity index is 506. The van der Waals surface area contributed by atoms with E-state index in [0.717, 1.165) is 0 Å². The number of hydrogen-bond donors (Lipinski definition) is 1. The van der Waals surface area contributed by atoms with Crippen molar-refractivity contribution in [1.82, 2.24) is 0 Å². The highest BCUT2D eigenvalue weighted by Crippen LogP contribution is 2.54. The van der Waals surface area contributed by atoms with E-state index in [-0.39, 0.29) is 11.9 Å². The van der Waals surface area contributed by atoms with E-state index in [4.69, 9.17) is 9.47 Å². The number of rotatable bonds is 5. The van der Waals surface area contributed by atoms with Gasteiger partial charge in [0.2, 0.25) is 0 Å². The number of carboxylic acids is 1. The fourth-order valence-corrected chi connectivity index (χ4v) is 2.16. The van der Waals surface area contributed by atoms with Gasteiger partial charge >= 0.3 is 5.97 Å². The van der Waals surface area contributed by atoms with Crippen LogP contribution in [0.1, 0.15) is 32.3 Å². The minimum absolute atomic E-state index is 0.150. The van der Waals surface area contributed by atoms with Crippen LogP contribution in [0.15, 0.2) is 12.1 Å². The van der Waals surface area contributed by atoms with E-state index in [1.54, 1.807) is 0 Å². The van der Waals surface area contributed by atoms with Gasteiger partial charge in [0.15, 0.2) is 11.5 Å². The summed E-state index contributed by atoms with van der Waals surface area (Å²) >= 11 is 0. The van der Waals surface area contributed by atoms with Crippen molar-refractivity contribution >= 4 is 5.97 Å². The maximum Gasteiger partial charge on any atom is 0.314 e. The van der Waals surface area contributed by atoms with Gasteiger partial charge in [0.05, 0.1) is 18.6 Å². The SMILES string of the molecule is COc1cc(F)cc(C2(C(=O)O)CC2)c1OC(C)C. The van der Waals surface area contributed by atoms with Gasteiger partial charge in [-0.1, -0.05) is 0 Å². The highest BCUT2D eigenvalue weighted by Gasteiger charge is 2.54. The molecule has 1 aromatic carbocycles. The summed E-state index contributed by atoms with van der Waals surface area (Å²) in [6, 6.07) is 2.44. The van der Waals surface area contributed by atoms with Gasteiger partial charge in [-0.05, 0) is 32.8 Å². The standard InChI is InChI=1S/C14H17FO4/c1-8(2)19-12-10(14(4-5-14)13(16)17)6-9(15)7-11(12)18-3/h6-8H,4-5H2,1-3H3,(H,16,17). The molecule has 0 amide bonds. The molecular formula is C14H17FO4. The zero-order valence-corrected chi connectivity index (χ0v) is 11.2. The third-order valence-electron chi connectivity index (χ3n) is 3.27. The lowest BCUT2D eigenvalue weighted by Crippen LogP contribution is -2.22. The Morgan fingerprint density at radius 2 is 2.05 bits per heavy atom. The molecule has 0 heterocycles. The Kier molecular flexibility index (Phi) is 3.39. The second kappa shape index (κ2) is 4.72. The Balaban J connectivity index is 2.58. The highest BCUT2D eigenvalue weighted by molar-refractivity contribution is 5.86. The normalized spacial score (nSPS) is 16.3. The number of ether oxygens (including phenoxy) is 2. The van der Waals surface area contributed by atoms with Crippen molar-refractivity contribution < 1.29 is 23.8 Å². The first-order chi connectivity index (χ1) is 8.90. The molecule has 2 rings (SSSR count). The summed E-state index contributed by atoms with van der Waals surface area (Å²) in [5, 5.41) is 9.35. The smallest absolute Gasteiger partial charge is 0.314 e. The molecule has 0 saturated heterocycles. The summed E-state index contributed by atoms with van der Waals surface area (Å²) < 4.78 is 24.4. The molecule has 104 valence electrons. The number of carboxylic acid groups (broad SMARTS) is 1. The molecule has 0 radical (unpaired) electrons. The second-order valence-electron chi connectivity index (χ2n) is 5.04. The van der Waals surface area contributed by atoms with Crippen molar-refractivity contribution in [3.05, 3.63) is 23.5 Å². The van der Waals surface area contributed by atoms with Crippen LogP contribution in [0.2, 0.25) is 0 Å². The Labute approximate surface area is 111 Å². The van der Waals surface area contributed by atoms with Crippen LogP contribution in [-0.2, 0) is 10.2 Å². The van der Waals surface area contributed by atoms with E-state index in [1.165, 1.54) is 19.2 Å². The van der Waals surface area contributed by atoms with Gasteiger partial charge in [-0.25, -0.2) is 4.39 Å². The first-order valence-corrected chi connectivity index (χ1v) is 6.19. The van der Waals surface area contributed by atoms with Crippen LogP contribution in [0.4, 0.5) is 4.39 Å². The molecule has 1 saturated carbocycles. The third kappa shape index (κ3) is 2.37. The van der Waals surface area contributed by atoms with Crippen molar-refractivity contribution in [2.75, 3.05) is 7.11 Å². The van der Waals surface area contributed by atoms with Gasteiger partial charge in [-0.15, -0.1) is 0 Å². The lowest BCUT2D eigenvalue weighted by Gasteiger charge is -2.21. The Morgan fingerprint density at radius 3 is 2.47 bits per heavy atom. The number of hydrogen-bond acceptors (Lipinski definition) is 3. The second-order valence-corrected chi connectivity index (χ2v) is 5.04. The predicted octanol–water partition coefficient (Wildman–Crippen LogP) is 2.74. The summed E-state index contributed by atoms with van der Waals surface area (Å²) in [5.41, 5.74) is -0.662. The van der Waals surface area contributed by atoms with Gasteiger partial charge in [0.1, 0.15) is 5.82 Å². The number of halogens is 1. The molecule has 0 spiro atoms. The third-order valence-corrected chi connectivity index (χ3v) is 3.27. The van der Waals surface area contributed by atoms with Crippen LogP contribution in [0, 0.1) is 5.82 Å². The molecule has 0 bridgehead atoms. The number of benzene rings is 1. The molecule has 1 fully saturated rings. The lowest BCUT2D eigenvalue weighted by molar-refractivity contribution is -0.140. The minimum Gasteiger partial charge on any atom is -0.493 e. The summed E-state index contributed by atoms with van der Waals surface area (Å²) in [7, 11) is 1.41. The van der Waals surface area contributed by atoms with Crippen LogP contribution in [0.25, 0.3) is 0 Å². The van der Waals surface area contributed by atoms with Crippen molar-refractivity contribution in [2.24, 2.45) is 0 Å². The van der Waals surface area contributed by atoms with E-state index >= 15 is 0 Å². The van der Waals surface area contributed by atoms with Crippen LogP contribution < -0.4 is 9.47 Å².